The molecule has 156 valence electrons. The highest BCUT2D eigenvalue weighted by atomic mass is 16.3. The van der Waals surface area contributed by atoms with Crippen molar-refractivity contribution in [2.45, 2.75) is 26.7 Å². The second-order valence-corrected chi connectivity index (χ2v) is 7.69. The number of aryl methyl sites for hydroxylation is 1. The summed E-state index contributed by atoms with van der Waals surface area (Å²) in [7, 11) is 0. The van der Waals surface area contributed by atoms with Gasteiger partial charge in [-0.25, -0.2) is 9.97 Å². The zero-order valence-electron chi connectivity index (χ0n) is 17.5. The maximum absolute atomic E-state index is 12.7. The minimum absolute atomic E-state index is 0.237. The van der Waals surface area contributed by atoms with Gasteiger partial charge in [-0.15, -0.1) is 0 Å². The van der Waals surface area contributed by atoms with Crippen molar-refractivity contribution in [3.8, 4) is 0 Å². The molecule has 1 aliphatic rings. The summed E-state index contributed by atoms with van der Waals surface area (Å²) in [4.78, 5) is 29.8. The Morgan fingerprint density at radius 2 is 1.87 bits per heavy atom. The lowest BCUT2D eigenvalue weighted by Crippen LogP contribution is -2.47. The van der Waals surface area contributed by atoms with Gasteiger partial charge in [-0.05, 0) is 30.5 Å². The Balaban J connectivity index is 1.56. The van der Waals surface area contributed by atoms with Crippen LogP contribution in [0.2, 0.25) is 0 Å². The van der Waals surface area contributed by atoms with Crippen molar-refractivity contribution >= 4 is 23.1 Å². The van der Waals surface area contributed by atoms with Crippen molar-refractivity contribution < 1.29 is 9.21 Å². The molecule has 1 aliphatic heterocycles. The Kier molecular flexibility index (Phi) is 5.65. The van der Waals surface area contributed by atoms with Crippen LogP contribution in [0.1, 0.15) is 41.6 Å². The van der Waals surface area contributed by atoms with Gasteiger partial charge in [-0.2, -0.15) is 0 Å². The molecule has 2 aromatic heterocycles. The van der Waals surface area contributed by atoms with E-state index in [1.54, 1.807) is 25.5 Å². The van der Waals surface area contributed by atoms with E-state index in [2.05, 4.69) is 56.0 Å². The first-order chi connectivity index (χ1) is 14.5. The van der Waals surface area contributed by atoms with E-state index in [0.717, 1.165) is 43.4 Å². The second kappa shape index (κ2) is 8.52. The number of nitrogens with one attached hydrogen (secondary N) is 1. The van der Waals surface area contributed by atoms with E-state index in [4.69, 9.17) is 4.42 Å². The van der Waals surface area contributed by atoms with Gasteiger partial charge >= 0.3 is 0 Å². The molecule has 1 fully saturated rings. The molecule has 0 unspecified atom stereocenters. The predicted molar refractivity (Wildman–Crippen MR) is 116 cm³/mol. The molecule has 8 heteroatoms. The molecule has 0 spiro atoms. The number of aromatic nitrogens is 3. The van der Waals surface area contributed by atoms with Gasteiger partial charge < -0.3 is 19.5 Å². The average Bonchev–Trinajstić information content (AvgIpc) is 3.20. The molecule has 0 radical (unpaired) electrons. The van der Waals surface area contributed by atoms with Gasteiger partial charge in [-0.1, -0.05) is 19.9 Å². The molecule has 8 nitrogen and oxygen atoms in total. The van der Waals surface area contributed by atoms with Crippen molar-refractivity contribution in [1.82, 2.24) is 15.0 Å². The van der Waals surface area contributed by atoms with Crippen molar-refractivity contribution in [1.29, 1.82) is 0 Å². The standard InChI is InChI=1S/C22H26N6O2/c1-15(2)17-4-5-18(26-22(29)21-16(3)25-14-30-21)19(12-17)27-8-10-28(11-9-27)20-13-23-6-7-24-20/h4-7,12-15H,8-11H2,1-3H3,(H,26,29). The van der Waals surface area contributed by atoms with Crippen LogP contribution in [0.4, 0.5) is 17.2 Å². The fourth-order valence-electron chi connectivity index (χ4n) is 3.61. The highest BCUT2D eigenvalue weighted by Gasteiger charge is 2.23. The molecule has 3 aromatic rings. The second-order valence-electron chi connectivity index (χ2n) is 7.69. The van der Waals surface area contributed by atoms with Crippen LogP contribution < -0.4 is 15.1 Å². The number of carbonyl (C=O) groups is 1. The molecule has 0 atom stereocenters. The minimum atomic E-state index is -0.290. The molecule has 1 amide bonds. The zero-order chi connectivity index (χ0) is 21.1. The number of hydrogen-bond donors (Lipinski definition) is 1. The summed E-state index contributed by atoms with van der Waals surface area (Å²) in [5, 5.41) is 3.01. The number of piperazine rings is 1. The Morgan fingerprint density at radius 3 is 2.50 bits per heavy atom. The van der Waals surface area contributed by atoms with E-state index in [1.807, 2.05) is 6.07 Å². The first kappa shape index (κ1) is 19.9. The van der Waals surface area contributed by atoms with Crippen LogP contribution in [0.25, 0.3) is 0 Å². The average molecular weight is 406 g/mol. The molecule has 0 bridgehead atoms. The summed E-state index contributed by atoms with van der Waals surface area (Å²) in [6.07, 6.45) is 6.48. The van der Waals surface area contributed by atoms with Crippen LogP contribution >= 0.6 is 0 Å². The van der Waals surface area contributed by atoms with Gasteiger partial charge in [0.2, 0.25) is 5.76 Å². The summed E-state index contributed by atoms with van der Waals surface area (Å²) in [5.74, 6) is 1.23. The van der Waals surface area contributed by atoms with E-state index >= 15 is 0 Å². The first-order valence-electron chi connectivity index (χ1n) is 10.1. The van der Waals surface area contributed by atoms with Crippen molar-refractivity contribution in [3.05, 3.63) is 60.2 Å². The van der Waals surface area contributed by atoms with Gasteiger partial charge in [0.1, 0.15) is 5.82 Å². The maximum atomic E-state index is 12.7. The lowest BCUT2D eigenvalue weighted by Gasteiger charge is -2.37. The Hall–Kier alpha value is -3.42. The maximum Gasteiger partial charge on any atom is 0.293 e. The van der Waals surface area contributed by atoms with Crippen LogP contribution in [-0.2, 0) is 0 Å². The number of amides is 1. The highest BCUT2D eigenvalue weighted by molar-refractivity contribution is 6.04. The van der Waals surface area contributed by atoms with Gasteiger partial charge in [0, 0.05) is 38.6 Å². The largest absolute Gasteiger partial charge is 0.438 e. The smallest absolute Gasteiger partial charge is 0.293 e. The SMILES string of the molecule is Cc1ncoc1C(=O)Nc1ccc(C(C)C)cc1N1CCN(c2cnccn2)CC1. The van der Waals surface area contributed by atoms with E-state index in [0.29, 0.717) is 11.6 Å². The van der Waals surface area contributed by atoms with Crippen LogP contribution in [-0.4, -0.2) is 47.0 Å². The molecule has 1 aromatic carbocycles. The normalized spacial score (nSPS) is 14.3. The molecule has 0 saturated carbocycles. The van der Waals surface area contributed by atoms with Crippen molar-refractivity contribution in [2.75, 3.05) is 41.3 Å². The van der Waals surface area contributed by atoms with E-state index in [1.165, 1.54) is 12.0 Å². The summed E-state index contributed by atoms with van der Waals surface area (Å²) >= 11 is 0. The molecular weight excluding hydrogens is 380 g/mol. The number of anilines is 3. The topological polar surface area (TPSA) is 87.4 Å². The van der Waals surface area contributed by atoms with Crippen LogP contribution in [0, 0.1) is 6.92 Å². The number of hydrogen-bond acceptors (Lipinski definition) is 7. The van der Waals surface area contributed by atoms with Gasteiger partial charge in [0.15, 0.2) is 6.39 Å². The lowest BCUT2D eigenvalue weighted by atomic mass is 10.0. The Bertz CT molecular complexity index is 1010. The molecule has 3 heterocycles. The van der Waals surface area contributed by atoms with Gasteiger partial charge in [0.25, 0.3) is 5.91 Å². The minimum Gasteiger partial charge on any atom is -0.438 e. The molecule has 30 heavy (non-hydrogen) atoms. The molecule has 4 rings (SSSR count). The van der Waals surface area contributed by atoms with E-state index < -0.39 is 0 Å². The third kappa shape index (κ3) is 4.12. The monoisotopic (exact) mass is 406 g/mol. The fraction of sp³-hybridized carbons (Fsp3) is 0.364. The van der Waals surface area contributed by atoms with Crippen LogP contribution in [0.3, 0.4) is 0 Å². The predicted octanol–water partition coefficient (Wildman–Crippen LogP) is 3.48. The number of rotatable bonds is 5. The third-order valence-corrected chi connectivity index (χ3v) is 5.38. The van der Waals surface area contributed by atoms with Crippen molar-refractivity contribution in [3.63, 3.8) is 0 Å². The quantitative estimate of drug-likeness (QED) is 0.694. The molecule has 1 N–H and O–H groups in total. The fourth-order valence-corrected chi connectivity index (χ4v) is 3.61. The lowest BCUT2D eigenvalue weighted by molar-refractivity contribution is 0.0996. The number of oxazole rings is 1. The molecule has 0 aliphatic carbocycles. The van der Waals surface area contributed by atoms with Gasteiger partial charge in [0.05, 0.1) is 23.3 Å². The van der Waals surface area contributed by atoms with E-state index in [9.17, 15) is 4.79 Å². The summed E-state index contributed by atoms with van der Waals surface area (Å²) in [6, 6.07) is 6.21. The summed E-state index contributed by atoms with van der Waals surface area (Å²) in [5.41, 5.74) is 3.60. The highest BCUT2D eigenvalue weighted by Crippen LogP contribution is 2.32. The Labute approximate surface area is 176 Å². The zero-order valence-corrected chi connectivity index (χ0v) is 17.5. The third-order valence-electron chi connectivity index (χ3n) is 5.38. The summed E-state index contributed by atoms with van der Waals surface area (Å²) < 4.78 is 5.25. The van der Waals surface area contributed by atoms with Crippen LogP contribution in [0.5, 0.6) is 0 Å². The molecule has 1 saturated heterocycles. The van der Waals surface area contributed by atoms with Crippen molar-refractivity contribution in [2.24, 2.45) is 0 Å². The Morgan fingerprint density at radius 1 is 1.10 bits per heavy atom. The first-order valence-corrected chi connectivity index (χ1v) is 10.1. The molecular formula is C22H26N6O2. The van der Waals surface area contributed by atoms with Crippen LogP contribution in [0.15, 0.2) is 47.6 Å². The summed E-state index contributed by atoms with van der Waals surface area (Å²) in [6.45, 7) is 9.40. The number of nitrogens with zero attached hydrogens (tertiary/aromatic N) is 5. The number of carbonyl (C=O) groups excluding carboxylic acids is 1. The van der Waals surface area contributed by atoms with Gasteiger partial charge in [-0.3, -0.25) is 9.78 Å². The number of benzene rings is 1. The van der Waals surface area contributed by atoms with E-state index in [-0.39, 0.29) is 11.7 Å².